The third-order valence-electron chi connectivity index (χ3n) is 3.15. The molecule has 0 aliphatic carbocycles. The first-order chi connectivity index (χ1) is 8.03. The molecule has 17 heavy (non-hydrogen) atoms. The SMILES string of the molecule is CCN(CCC(=O)OC)C(=O)C1(C)CCCO1. The predicted octanol–water partition coefficient (Wildman–Crippen LogP) is 0.967. The molecule has 0 aromatic heterocycles. The molecule has 1 saturated heterocycles. The monoisotopic (exact) mass is 243 g/mol. The third kappa shape index (κ3) is 3.43. The molecule has 1 unspecified atom stereocenters. The molecule has 0 aromatic carbocycles. The van der Waals surface area contributed by atoms with E-state index in [0.29, 0.717) is 19.7 Å². The molecule has 0 N–H and O–H groups in total. The largest absolute Gasteiger partial charge is 0.469 e. The number of carbonyl (C=O) groups is 2. The second kappa shape index (κ2) is 6.00. The van der Waals surface area contributed by atoms with Crippen molar-refractivity contribution in [1.82, 2.24) is 4.90 Å². The quantitative estimate of drug-likeness (QED) is 0.675. The molecule has 98 valence electrons. The summed E-state index contributed by atoms with van der Waals surface area (Å²) in [6.07, 6.45) is 1.89. The van der Waals surface area contributed by atoms with Gasteiger partial charge in [-0.1, -0.05) is 0 Å². The van der Waals surface area contributed by atoms with Gasteiger partial charge in [0, 0.05) is 19.7 Å². The molecule has 0 saturated carbocycles. The number of rotatable bonds is 5. The first kappa shape index (κ1) is 14.0. The number of ether oxygens (including phenoxy) is 2. The van der Waals surface area contributed by atoms with Crippen LogP contribution < -0.4 is 0 Å². The van der Waals surface area contributed by atoms with Crippen molar-refractivity contribution in [2.45, 2.75) is 38.7 Å². The molecule has 1 atom stereocenters. The highest BCUT2D eigenvalue weighted by Crippen LogP contribution is 2.27. The zero-order chi connectivity index (χ0) is 12.9. The number of amides is 1. The van der Waals surface area contributed by atoms with E-state index in [9.17, 15) is 9.59 Å². The number of nitrogens with zero attached hydrogens (tertiary/aromatic N) is 1. The average molecular weight is 243 g/mol. The Hall–Kier alpha value is -1.10. The summed E-state index contributed by atoms with van der Waals surface area (Å²) in [6, 6.07) is 0. The number of hydrogen-bond donors (Lipinski definition) is 0. The lowest BCUT2D eigenvalue weighted by Crippen LogP contribution is -2.47. The number of methoxy groups -OCH3 is 1. The standard InChI is InChI=1S/C12H21NO4/c1-4-13(8-6-10(14)16-3)11(15)12(2)7-5-9-17-12/h4-9H2,1-3H3. The van der Waals surface area contributed by atoms with E-state index >= 15 is 0 Å². The van der Waals surface area contributed by atoms with Crippen molar-refractivity contribution < 1.29 is 19.1 Å². The average Bonchev–Trinajstić information content (AvgIpc) is 2.77. The van der Waals surface area contributed by atoms with Crippen molar-refractivity contribution in [2.24, 2.45) is 0 Å². The Labute approximate surface area is 102 Å². The summed E-state index contributed by atoms with van der Waals surface area (Å²) in [6.45, 7) is 5.32. The molecule has 1 aliphatic rings. The Balaban J connectivity index is 2.54. The van der Waals surface area contributed by atoms with Crippen LogP contribution in [0.5, 0.6) is 0 Å². The summed E-state index contributed by atoms with van der Waals surface area (Å²) < 4.78 is 10.1. The Morgan fingerprint density at radius 2 is 2.18 bits per heavy atom. The van der Waals surface area contributed by atoms with Crippen LogP contribution in [0.3, 0.4) is 0 Å². The van der Waals surface area contributed by atoms with Gasteiger partial charge in [-0.25, -0.2) is 0 Å². The van der Waals surface area contributed by atoms with Gasteiger partial charge >= 0.3 is 5.97 Å². The fourth-order valence-corrected chi connectivity index (χ4v) is 2.01. The van der Waals surface area contributed by atoms with Crippen LogP contribution in [0.15, 0.2) is 0 Å². The molecule has 0 radical (unpaired) electrons. The normalized spacial score (nSPS) is 23.5. The summed E-state index contributed by atoms with van der Waals surface area (Å²) in [5.74, 6) is -0.324. The van der Waals surface area contributed by atoms with Crippen LogP contribution >= 0.6 is 0 Å². The van der Waals surface area contributed by atoms with E-state index in [-0.39, 0.29) is 18.3 Å². The van der Waals surface area contributed by atoms with Gasteiger partial charge in [-0.05, 0) is 26.7 Å². The van der Waals surface area contributed by atoms with Crippen LogP contribution in [0.25, 0.3) is 0 Å². The molecule has 0 spiro atoms. The van der Waals surface area contributed by atoms with E-state index in [1.807, 2.05) is 13.8 Å². The molecular formula is C12H21NO4. The van der Waals surface area contributed by atoms with Gasteiger partial charge in [0.1, 0.15) is 5.60 Å². The highest BCUT2D eigenvalue weighted by molar-refractivity contribution is 5.85. The second-order valence-electron chi connectivity index (χ2n) is 4.39. The van der Waals surface area contributed by atoms with Gasteiger partial charge in [-0.15, -0.1) is 0 Å². The maximum absolute atomic E-state index is 12.2. The third-order valence-corrected chi connectivity index (χ3v) is 3.15. The molecule has 1 aliphatic heterocycles. The van der Waals surface area contributed by atoms with E-state index in [4.69, 9.17) is 4.74 Å². The lowest BCUT2D eigenvalue weighted by Gasteiger charge is -2.30. The molecule has 5 heteroatoms. The van der Waals surface area contributed by atoms with E-state index < -0.39 is 5.60 Å². The molecule has 0 bridgehead atoms. The fourth-order valence-electron chi connectivity index (χ4n) is 2.01. The number of likely N-dealkylation sites (N-methyl/N-ethyl adjacent to an activating group) is 1. The minimum Gasteiger partial charge on any atom is -0.469 e. The summed E-state index contributed by atoms with van der Waals surface area (Å²) >= 11 is 0. The van der Waals surface area contributed by atoms with Crippen molar-refractivity contribution in [3.63, 3.8) is 0 Å². The highest BCUT2D eigenvalue weighted by Gasteiger charge is 2.40. The van der Waals surface area contributed by atoms with Gasteiger partial charge in [-0.3, -0.25) is 9.59 Å². The van der Waals surface area contributed by atoms with Gasteiger partial charge < -0.3 is 14.4 Å². The number of esters is 1. The first-order valence-corrected chi connectivity index (χ1v) is 6.03. The summed E-state index contributed by atoms with van der Waals surface area (Å²) in [5, 5.41) is 0. The second-order valence-corrected chi connectivity index (χ2v) is 4.39. The topological polar surface area (TPSA) is 55.8 Å². The summed E-state index contributed by atoms with van der Waals surface area (Å²) in [4.78, 5) is 25.0. The minimum absolute atomic E-state index is 0.0265. The zero-order valence-electron chi connectivity index (χ0n) is 10.8. The number of carbonyl (C=O) groups excluding carboxylic acids is 2. The Morgan fingerprint density at radius 3 is 2.65 bits per heavy atom. The highest BCUT2D eigenvalue weighted by atomic mass is 16.5. The first-order valence-electron chi connectivity index (χ1n) is 6.03. The van der Waals surface area contributed by atoms with Gasteiger partial charge in [-0.2, -0.15) is 0 Å². The van der Waals surface area contributed by atoms with Gasteiger partial charge in [0.15, 0.2) is 0 Å². The predicted molar refractivity (Wildman–Crippen MR) is 62.5 cm³/mol. The summed E-state index contributed by atoms with van der Waals surface area (Å²) in [5.41, 5.74) is -0.702. The Kier molecular flexibility index (Phi) is 4.93. The van der Waals surface area contributed by atoms with Crippen molar-refractivity contribution in [3.8, 4) is 0 Å². The van der Waals surface area contributed by atoms with Crippen molar-refractivity contribution in [3.05, 3.63) is 0 Å². The molecule has 1 rings (SSSR count). The Morgan fingerprint density at radius 1 is 1.47 bits per heavy atom. The van der Waals surface area contributed by atoms with Crippen molar-refractivity contribution in [2.75, 3.05) is 26.8 Å². The molecular weight excluding hydrogens is 222 g/mol. The van der Waals surface area contributed by atoms with E-state index in [0.717, 1.165) is 12.8 Å². The summed E-state index contributed by atoms with van der Waals surface area (Å²) in [7, 11) is 1.35. The van der Waals surface area contributed by atoms with Crippen LogP contribution in [-0.2, 0) is 19.1 Å². The lowest BCUT2D eigenvalue weighted by atomic mass is 10.0. The van der Waals surface area contributed by atoms with Crippen LogP contribution in [-0.4, -0.2) is 49.2 Å². The van der Waals surface area contributed by atoms with Gasteiger partial charge in [0.25, 0.3) is 5.91 Å². The minimum atomic E-state index is -0.702. The fraction of sp³-hybridized carbons (Fsp3) is 0.833. The molecule has 1 heterocycles. The van der Waals surface area contributed by atoms with Crippen LogP contribution in [0.1, 0.15) is 33.1 Å². The smallest absolute Gasteiger partial charge is 0.307 e. The van der Waals surface area contributed by atoms with Gasteiger partial charge in [0.05, 0.1) is 13.5 Å². The molecule has 0 aromatic rings. The van der Waals surface area contributed by atoms with Crippen molar-refractivity contribution in [1.29, 1.82) is 0 Å². The molecule has 5 nitrogen and oxygen atoms in total. The van der Waals surface area contributed by atoms with Crippen LogP contribution in [0.2, 0.25) is 0 Å². The van der Waals surface area contributed by atoms with Crippen LogP contribution in [0.4, 0.5) is 0 Å². The molecule has 1 fully saturated rings. The Bertz CT molecular complexity index is 284. The number of hydrogen-bond acceptors (Lipinski definition) is 4. The van der Waals surface area contributed by atoms with Crippen LogP contribution in [0, 0.1) is 0 Å². The van der Waals surface area contributed by atoms with Crippen molar-refractivity contribution >= 4 is 11.9 Å². The lowest BCUT2D eigenvalue weighted by molar-refractivity contribution is -0.152. The maximum Gasteiger partial charge on any atom is 0.307 e. The van der Waals surface area contributed by atoms with Gasteiger partial charge in [0.2, 0.25) is 0 Å². The van der Waals surface area contributed by atoms with E-state index in [1.54, 1.807) is 4.90 Å². The van der Waals surface area contributed by atoms with E-state index in [1.165, 1.54) is 7.11 Å². The molecule has 1 amide bonds. The zero-order valence-corrected chi connectivity index (χ0v) is 10.8. The maximum atomic E-state index is 12.2. The van der Waals surface area contributed by atoms with E-state index in [2.05, 4.69) is 4.74 Å².